The molecule has 0 spiro atoms. The Kier molecular flexibility index (Phi) is 4.57. The third-order valence-corrected chi connectivity index (χ3v) is 4.57. The lowest BCUT2D eigenvalue weighted by Gasteiger charge is -2.09. The maximum absolute atomic E-state index is 12.1. The standard InChI is InChI=1S/C15H14N4OS2/c16-12(7-10-3-6-21-8-10)14(20)19-15-18-13(9-22-15)11-1-4-17-5-2-11/h1-6,8-9,12H,7,16H2,(H,18,19,20). The lowest BCUT2D eigenvalue weighted by molar-refractivity contribution is -0.117. The van der Waals surface area contributed by atoms with Crippen LogP contribution in [0.2, 0.25) is 0 Å². The molecule has 5 nitrogen and oxygen atoms in total. The van der Waals surface area contributed by atoms with Gasteiger partial charge in [0.05, 0.1) is 11.7 Å². The predicted octanol–water partition coefficient (Wildman–Crippen LogP) is 2.78. The fourth-order valence-corrected chi connectivity index (χ4v) is 3.34. The van der Waals surface area contributed by atoms with Crippen LogP contribution in [0.1, 0.15) is 5.56 Å². The van der Waals surface area contributed by atoms with Crippen molar-refractivity contribution < 1.29 is 4.79 Å². The first-order valence-electron chi connectivity index (χ1n) is 6.66. The summed E-state index contributed by atoms with van der Waals surface area (Å²) in [7, 11) is 0. The minimum atomic E-state index is -0.581. The fraction of sp³-hybridized carbons (Fsp3) is 0.133. The van der Waals surface area contributed by atoms with Gasteiger partial charge in [-0.25, -0.2) is 4.98 Å². The van der Waals surface area contributed by atoms with E-state index in [4.69, 9.17) is 5.73 Å². The quantitative estimate of drug-likeness (QED) is 0.754. The number of hydrogen-bond acceptors (Lipinski definition) is 6. The molecule has 0 saturated heterocycles. The molecule has 112 valence electrons. The van der Waals surface area contributed by atoms with E-state index in [1.165, 1.54) is 11.3 Å². The fourth-order valence-electron chi connectivity index (χ4n) is 1.94. The van der Waals surface area contributed by atoms with Crippen LogP contribution in [-0.4, -0.2) is 21.9 Å². The molecule has 3 N–H and O–H groups in total. The molecule has 0 aliphatic carbocycles. The number of thiophene rings is 1. The van der Waals surface area contributed by atoms with Gasteiger partial charge in [-0.05, 0) is 40.9 Å². The van der Waals surface area contributed by atoms with E-state index in [0.29, 0.717) is 11.6 Å². The van der Waals surface area contributed by atoms with Crippen LogP contribution in [0, 0.1) is 0 Å². The Balaban J connectivity index is 1.63. The highest BCUT2D eigenvalue weighted by atomic mass is 32.1. The highest BCUT2D eigenvalue weighted by Crippen LogP contribution is 2.24. The average molecular weight is 330 g/mol. The summed E-state index contributed by atoms with van der Waals surface area (Å²) in [4.78, 5) is 20.5. The molecule has 3 aromatic rings. The van der Waals surface area contributed by atoms with Crippen molar-refractivity contribution >= 4 is 33.7 Å². The Morgan fingerprint density at radius 2 is 2.09 bits per heavy atom. The van der Waals surface area contributed by atoms with Crippen molar-refractivity contribution in [1.29, 1.82) is 0 Å². The molecule has 1 atom stereocenters. The van der Waals surface area contributed by atoms with Gasteiger partial charge in [-0.2, -0.15) is 11.3 Å². The number of carbonyl (C=O) groups is 1. The molecule has 0 aliphatic heterocycles. The number of anilines is 1. The number of carbonyl (C=O) groups excluding carboxylic acids is 1. The van der Waals surface area contributed by atoms with E-state index < -0.39 is 6.04 Å². The van der Waals surface area contributed by atoms with Gasteiger partial charge in [0.2, 0.25) is 5.91 Å². The van der Waals surface area contributed by atoms with Crippen LogP contribution in [0.4, 0.5) is 5.13 Å². The lowest BCUT2D eigenvalue weighted by atomic mass is 10.1. The largest absolute Gasteiger partial charge is 0.320 e. The first-order chi connectivity index (χ1) is 10.7. The Morgan fingerprint density at radius 1 is 1.27 bits per heavy atom. The smallest absolute Gasteiger partial charge is 0.243 e. The van der Waals surface area contributed by atoms with E-state index >= 15 is 0 Å². The van der Waals surface area contributed by atoms with Crippen LogP contribution >= 0.6 is 22.7 Å². The summed E-state index contributed by atoms with van der Waals surface area (Å²) in [6, 6.07) is 5.15. The van der Waals surface area contributed by atoms with Crippen LogP contribution in [0.3, 0.4) is 0 Å². The van der Waals surface area contributed by atoms with E-state index in [0.717, 1.165) is 16.8 Å². The highest BCUT2D eigenvalue weighted by Gasteiger charge is 2.16. The van der Waals surface area contributed by atoms with Gasteiger partial charge in [-0.1, -0.05) is 0 Å². The van der Waals surface area contributed by atoms with Crippen LogP contribution in [0.15, 0.2) is 46.7 Å². The zero-order chi connectivity index (χ0) is 15.4. The molecular formula is C15H14N4OS2. The second kappa shape index (κ2) is 6.78. The van der Waals surface area contributed by atoms with Crippen molar-refractivity contribution in [3.05, 3.63) is 52.3 Å². The number of nitrogens with two attached hydrogens (primary N) is 1. The first-order valence-corrected chi connectivity index (χ1v) is 8.48. The van der Waals surface area contributed by atoms with Crippen molar-refractivity contribution in [2.24, 2.45) is 5.73 Å². The summed E-state index contributed by atoms with van der Waals surface area (Å²) < 4.78 is 0. The van der Waals surface area contributed by atoms with Gasteiger partial charge in [0, 0.05) is 23.3 Å². The second-order valence-electron chi connectivity index (χ2n) is 4.71. The number of pyridine rings is 1. The number of nitrogens with one attached hydrogen (secondary N) is 1. The Morgan fingerprint density at radius 3 is 2.82 bits per heavy atom. The molecule has 1 amide bonds. The van der Waals surface area contributed by atoms with Crippen LogP contribution in [0.25, 0.3) is 11.3 Å². The molecule has 0 fully saturated rings. The number of nitrogens with zero attached hydrogens (tertiary/aromatic N) is 2. The van der Waals surface area contributed by atoms with E-state index in [-0.39, 0.29) is 5.91 Å². The highest BCUT2D eigenvalue weighted by molar-refractivity contribution is 7.14. The Labute approximate surface area is 135 Å². The molecule has 1 unspecified atom stereocenters. The third-order valence-electron chi connectivity index (χ3n) is 3.08. The molecule has 3 heterocycles. The zero-order valence-corrected chi connectivity index (χ0v) is 13.2. The molecule has 22 heavy (non-hydrogen) atoms. The number of thiazole rings is 1. The number of hydrogen-bond donors (Lipinski definition) is 2. The van der Waals surface area contributed by atoms with Gasteiger partial charge in [-0.15, -0.1) is 11.3 Å². The van der Waals surface area contributed by atoms with Crippen molar-refractivity contribution in [3.63, 3.8) is 0 Å². The van der Waals surface area contributed by atoms with Crippen LogP contribution < -0.4 is 11.1 Å². The minimum Gasteiger partial charge on any atom is -0.320 e. The average Bonchev–Trinajstić information content (AvgIpc) is 3.20. The molecule has 3 aromatic heterocycles. The molecule has 0 aliphatic rings. The molecule has 0 radical (unpaired) electrons. The summed E-state index contributed by atoms with van der Waals surface area (Å²) in [6.45, 7) is 0. The number of amides is 1. The number of rotatable bonds is 5. The van der Waals surface area contributed by atoms with Crippen LogP contribution in [0.5, 0.6) is 0 Å². The van der Waals surface area contributed by atoms with Crippen molar-refractivity contribution in [3.8, 4) is 11.3 Å². The van der Waals surface area contributed by atoms with E-state index in [9.17, 15) is 4.79 Å². The summed E-state index contributed by atoms with van der Waals surface area (Å²) in [5.41, 5.74) is 8.79. The molecule has 0 saturated carbocycles. The maximum atomic E-state index is 12.1. The van der Waals surface area contributed by atoms with Gasteiger partial charge in [0.25, 0.3) is 0 Å². The summed E-state index contributed by atoms with van der Waals surface area (Å²) in [6.07, 6.45) is 3.95. The van der Waals surface area contributed by atoms with E-state index in [1.54, 1.807) is 23.7 Å². The predicted molar refractivity (Wildman–Crippen MR) is 90.0 cm³/mol. The van der Waals surface area contributed by atoms with E-state index in [1.807, 2.05) is 34.3 Å². The Hall–Kier alpha value is -2.09. The molecule has 0 aromatic carbocycles. The number of aromatic nitrogens is 2. The normalized spacial score (nSPS) is 12.0. The Bertz CT molecular complexity index is 740. The SMILES string of the molecule is NC(Cc1ccsc1)C(=O)Nc1nc(-c2ccncc2)cs1. The zero-order valence-electron chi connectivity index (χ0n) is 11.6. The van der Waals surface area contributed by atoms with Gasteiger partial charge < -0.3 is 11.1 Å². The second-order valence-corrected chi connectivity index (χ2v) is 6.34. The monoisotopic (exact) mass is 330 g/mol. The molecule has 7 heteroatoms. The van der Waals surface area contributed by atoms with E-state index in [2.05, 4.69) is 15.3 Å². The molecule has 3 rings (SSSR count). The van der Waals surface area contributed by atoms with Crippen molar-refractivity contribution in [2.75, 3.05) is 5.32 Å². The van der Waals surface area contributed by atoms with Crippen molar-refractivity contribution in [1.82, 2.24) is 9.97 Å². The summed E-state index contributed by atoms with van der Waals surface area (Å²) >= 11 is 2.98. The van der Waals surface area contributed by atoms with Gasteiger partial charge >= 0.3 is 0 Å². The minimum absolute atomic E-state index is 0.221. The van der Waals surface area contributed by atoms with Gasteiger partial charge in [-0.3, -0.25) is 9.78 Å². The third kappa shape index (κ3) is 3.56. The summed E-state index contributed by atoms with van der Waals surface area (Å²) in [5.74, 6) is -0.221. The van der Waals surface area contributed by atoms with Gasteiger partial charge in [0.1, 0.15) is 0 Å². The summed E-state index contributed by atoms with van der Waals surface area (Å²) in [5, 5.41) is 9.20. The van der Waals surface area contributed by atoms with Crippen molar-refractivity contribution in [2.45, 2.75) is 12.5 Å². The first kappa shape index (κ1) is 14.8. The molecule has 0 bridgehead atoms. The van der Waals surface area contributed by atoms with Crippen LogP contribution in [-0.2, 0) is 11.2 Å². The molecular weight excluding hydrogens is 316 g/mol. The topological polar surface area (TPSA) is 80.9 Å². The lowest BCUT2D eigenvalue weighted by Crippen LogP contribution is -2.37. The maximum Gasteiger partial charge on any atom is 0.243 e. The van der Waals surface area contributed by atoms with Gasteiger partial charge in [0.15, 0.2) is 5.13 Å².